The average molecular weight is 100 g/mol. The first-order valence-electron chi connectivity index (χ1n) is 2.49. The van der Waals surface area contributed by atoms with Gasteiger partial charge in [0, 0.05) is 0 Å². The van der Waals surface area contributed by atoms with Gasteiger partial charge in [-0.15, -0.1) is 0 Å². The van der Waals surface area contributed by atoms with Gasteiger partial charge in [0.05, 0.1) is 6.26 Å². The lowest BCUT2D eigenvalue weighted by Crippen LogP contribution is -1.86. The fraction of sp³-hybridized carbons (Fsp3) is 0.667. The molecule has 0 unspecified atom stereocenters. The lowest BCUT2D eigenvalue weighted by Gasteiger charge is -1.99. The molecule has 42 valence electrons. The molecular weight excluding hydrogens is 88.1 g/mol. The predicted molar refractivity (Wildman–Crippen MR) is 31.2 cm³/mol. The molecule has 0 bridgehead atoms. The summed E-state index contributed by atoms with van der Waals surface area (Å²) in [6.45, 7) is 5.99. The van der Waals surface area contributed by atoms with E-state index in [1.165, 1.54) is 0 Å². The fourth-order valence-electron chi connectivity index (χ4n) is 0.149. The van der Waals surface area contributed by atoms with Crippen LogP contribution in [0.2, 0.25) is 0 Å². The molecule has 0 radical (unpaired) electrons. The topological polar surface area (TPSA) is 20.2 Å². The first-order chi connectivity index (χ1) is 3.18. The maximum absolute atomic E-state index is 8.34. The Labute approximate surface area is 44.7 Å². The molecule has 1 nitrogen and oxygen atoms in total. The highest BCUT2D eigenvalue weighted by molar-refractivity contribution is 4.94. The van der Waals surface area contributed by atoms with Crippen molar-refractivity contribution in [3.8, 4) is 0 Å². The zero-order chi connectivity index (χ0) is 5.86. The third-order valence-corrected chi connectivity index (χ3v) is 1.11. The molecule has 1 N–H and O–H groups in total. The molecule has 0 aromatic carbocycles. The number of aliphatic hydroxyl groups excluding tert-OH is 1. The van der Waals surface area contributed by atoms with Gasteiger partial charge in [0.25, 0.3) is 0 Å². The monoisotopic (exact) mass is 100 g/mol. The Kier molecular flexibility index (Phi) is 2.49. The van der Waals surface area contributed by atoms with Crippen molar-refractivity contribution in [3.63, 3.8) is 0 Å². The molecule has 0 heterocycles. The number of allylic oxidation sites excluding steroid dienone is 1. The Balaban J connectivity index is 3.56. The second-order valence-corrected chi connectivity index (χ2v) is 2.03. The summed E-state index contributed by atoms with van der Waals surface area (Å²) >= 11 is 0. The lowest BCUT2D eigenvalue weighted by atomic mass is 10.1. The summed E-state index contributed by atoms with van der Waals surface area (Å²) in [5.74, 6) is 0.477. The van der Waals surface area contributed by atoms with Crippen LogP contribution in [0.1, 0.15) is 20.8 Å². The van der Waals surface area contributed by atoms with Crippen molar-refractivity contribution in [1.82, 2.24) is 0 Å². The molecule has 0 aliphatic carbocycles. The Bertz CT molecular complexity index is 72.2. The van der Waals surface area contributed by atoms with Crippen molar-refractivity contribution in [3.05, 3.63) is 11.8 Å². The lowest BCUT2D eigenvalue weighted by molar-refractivity contribution is 0.458. The first-order valence-corrected chi connectivity index (χ1v) is 2.49. The van der Waals surface area contributed by atoms with Gasteiger partial charge in [-0.1, -0.05) is 13.8 Å². The van der Waals surface area contributed by atoms with E-state index in [-0.39, 0.29) is 0 Å². The van der Waals surface area contributed by atoms with Crippen LogP contribution in [-0.4, -0.2) is 5.11 Å². The first kappa shape index (κ1) is 6.54. The minimum Gasteiger partial charge on any atom is -0.516 e. The Morgan fingerprint density at radius 2 is 2.00 bits per heavy atom. The zero-order valence-electron chi connectivity index (χ0n) is 5.10. The Morgan fingerprint density at radius 1 is 1.57 bits per heavy atom. The van der Waals surface area contributed by atoms with Crippen LogP contribution in [-0.2, 0) is 0 Å². The number of hydrogen-bond acceptors (Lipinski definition) is 1. The van der Waals surface area contributed by atoms with Crippen molar-refractivity contribution >= 4 is 0 Å². The van der Waals surface area contributed by atoms with Gasteiger partial charge in [-0.05, 0) is 18.4 Å². The molecule has 0 atom stereocenters. The number of aliphatic hydroxyl groups is 1. The number of hydrogen-bond donors (Lipinski definition) is 1. The second-order valence-electron chi connectivity index (χ2n) is 2.03. The van der Waals surface area contributed by atoms with Crippen LogP contribution in [0.4, 0.5) is 0 Å². The summed E-state index contributed by atoms with van der Waals surface area (Å²) in [4.78, 5) is 0. The molecule has 0 amide bonds. The van der Waals surface area contributed by atoms with E-state index >= 15 is 0 Å². The van der Waals surface area contributed by atoms with Gasteiger partial charge in [-0.3, -0.25) is 0 Å². The summed E-state index contributed by atoms with van der Waals surface area (Å²) in [7, 11) is 0. The Hall–Kier alpha value is -0.460. The van der Waals surface area contributed by atoms with E-state index in [4.69, 9.17) is 5.11 Å². The fourth-order valence-corrected chi connectivity index (χ4v) is 0.149. The smallest absolute Gasteiger partial charge is 0.0783 e. The van der Waals surface area contributed by atoms with E-state index in [0.29, 0.717) is 5.92 Å². The quantitative estimate of drug-likeness (QED) is 0.500. The van der Waals surface area contributed by atoms with Gasteiger partial charge in [0.1, 0.15) is 0 Å². The molecule has 0 aliphatic rings. The van der Waals surface area contributed by atoms with E-state index in [2.05, 4.69) is 0 Å². The molecule has 0 saturated carbocycles. The van der Waals surface area contributed by atoms with Gasteiger partial charge in [0.15, 0.2) is 0 Å². The third kappa shape index (κ3) is 2.26. The molecule has 0 saturated heterocycles. The zero-order valence-corrected chi connectivity index (χ0v) is 5.10. The van der Waals surface area contributed by atoms with Crippen LogP contribution in [0.25, 0.3) is 0 Å². The van der Waals surface area contributed by atoms with Crippen LogP contribution >= 0.6 is 0 Å². The van der Waals surface area contributed by atoms with Gasteiger partial charge in [-0.25, -0.2) is 0 Å². The minimum atomic E-state index is 0.477. The van der Waals surface area contributed by atoms with Gasteiger partial charge in [0.2, 0.25) is 0 Å². The van der Waals surface area contributed by atoms with E-state index in [1.54, 1.807) is 0 Å². The third-order valence-electron chi connectivity index (χ3n) is 1.11. The normalized spacial score (nSPS) is 12.9. The summed E-state index contributed by atoms with van der Waals surface area (Å²) < 4.78 is 0. The van der Waals surface area contributed by atoms with E-state index < -0.39 is 0 Å². The average Bonchev–Trinajstić information content (AvgIpc) is 1.65. The van der Waals surface area contributed by atoms with Crippen molar-refractivity contribution in [2.24, 2.45) is 5.92 Å². The van der Waals surface area contributed by atoms with Crippen LogP contribution in [0.5, 0.6) is 0 Å². The molecule has 0 aliphatic heterocycles. The van der Waals surface area contributed by atoms with Gasteiger partial charge in [-0.2, -0.15) is 0 Å². The molecule has 0 spiro atoms. The van der Waals surface area contributed by atoms with Crippen LogP contribution < -0.4 is 0 Å². The van der Waals surface area contributed by atoms with Crippen molar-refractivity contribution in [1.29, 1.82) is 0 Å². The largest absolute Gasteiger partial charge is 0.516 e. The van der Waals surface area contributed by atoms with E-state index in [9.17, 15) is 0 Å². The predicted octanol–water partition coefficient (Wildman–Crippen LogP) is 2.10. The highest BCUT2D eigenvalue weighted by atomic mass is 16.2. The molecule has 0 aromatic heterocycles. The standard InChI is InChI=1S/C6H12O/c1-5(2)6(3)4-7/h4-5,7H,1-3H3. The summed E-state index contributed by atoms with van der Waals surface area (Å²) in [6, 6.07) is 0. The van der Waals surface area contributed by atoms with Crippen molar-refractivity contribution in [2.75, 3.05) is 0 Å². The van der Waals surface area contributed by atoms with Crippen molar-refractivity contribution < 1.29 is 5.11 Å². The summed E-state index contributed by atoms with van der Waals surface area (Å²) in [6.07, 6.45) is 1.16. The van der Waals surface area contributed by atoms with Gasteiger partial charge >= 0.3 is 0 Å². The highest BCUT2D eigenvalue weighted by Gasteiger charge is 1.92. The number of rotatable bonds is 1. The van der Waals surface area contributed by atoms with Gasteiger partial charge < -0.3 is 5.11 Å². The maximum Gasteiger partial charge on any atom is 0.0783 e. The molecule has 7 heavy (non-hydrogen) atoms. The maximum atomic E-state index is 8.34. The van der Waals surface area contributed by atoms with Crippen LogP contribution in [0.15, 0.2) is 11.8 Å². The van der Waals surface area contributed by atoms with Crippen molar-refractivity contribution in [2.45, 2.75) is 20.8 Å². The molecule has 0 fully saturated rings. The van der Waals surface area contributed by atoms with Crippen LogP contribution in [0.3, 0.4) is 0 Å². The summed E-state index contributed by atoms with van der Waals surface area (Å²) in [5, 5.41) is 8.34. The van der Waals surface area contributed by atoms with E-state index in [0.717, 1.165) is 11.8 Å². The van der Waals surface area contributed by atoms with E-state index in [1.807, 2.05) is 20.8 Å². The molecular formula is C6H12O. The van der Waals surface area contributed by atoms with Crippen LogP contribution in [0, 0.1) is 5.92 Å². The molecule has 0 rings (SSSR count). The minimum absolute atomic E-state index is 0.477. The molecule has 1 heteroatoms. The summed E-state index contributed by atoms with van der Waals surface area (Å²) in [5.41, 5.74) is 1.03. The SMILES string of the molecule is CC(=CO)C(C)C. The molecule has 0 aromatic rings. The second kappa shape index (κ2) is 2.67. The highest BCUT2D eigenvalue weighted by Crippen LogP contribution is 2.04. The Morgan fingerprint density at radius 3 is 2.00 bits per heavy atom.